The highest BCUT2D eigenvalue weighted by Crippen LogP contribution is 2.39. The maximum atomic E-state index is 13.4. The standard InChI is InChI=1S/C25H28F5NO4S/c1-35-17-16-31-14-12-23(18-32,13-15-31)36(33,34)22-8-6-21(7-9-22)20-4-2-19(3-5-20)10-11-24(26,27)25(28,29)30/h2-9,18H,10-17H2,1H3. The second-order valence-corrected chi connectivity index (χ2v) is 11.2. The molecule has 0 atom stereocenters. The van der Waals surface area contributed by atoms with Crippen LogP contribution in [0.4, 0.5) is 22.0 Å². The SMILES string of the molecule is COCCN1CCC(C=O)(S(=O)(=O)c2ccc(-c3ccc(CCC(F)(F)C(F)(F)F)cc3)cc2)CC1. The Bertz CT molecular complexity index is 1120. The fourth-order valence-electron chi connectivity index (χ4n) is 4.19. The van der Waals surface area contributed by atoms with Crippen LogP contribution in [-0.2, 0) is 25.8 Å². The molecule has 1 saturated heterocycles. The van der Waals surface area contributed by atoms with Crippen molar-refractivity contribution in [1.82, 2.24) is 4.90 Å². The van der Waals surface area contributed by atoms with E-state index in [4.69, 9.17) is 4.74 Å². The Morgan fingerprint density at radius 3 is 1.94 bits per heavy atom. The Labute approximate surface area is 207 Å². The van der Waals surface area contributed by atoms with Gasteiger partial charge in [0.2, 0.25) is 0 Å². The molecule has 1 heterocycles. The molecule has 198 valence electrons. The predicted octanol–water partition coefficient (Wildman–Crippen LogP) is 4.94. The van der Waals surface area contributed by atoms with E-state index in [1.165, 1.54) is 24.3 Å². The lowest BCUT2D eigenvalue weighted by Crippen LogP contribution is -2.50. The summed E-state index contributed by atoms with van der Waals surface area (Å²) in [7, 11) is -2.36. The number of piperidine rings is 1. The normalized spacial score (nSPS) is 17.2. The van der Waals surface area contributed by atoms with Gasteiger partial charge in [0.1, 0.15) is 11.0 Å². The fourth-order valence-corrected chi connectivity index (χ4v) is 6.00. The van der Waals surface area contributed by atoms with E-state index in [0.29, 0.717) is 49.2 Å². The van der Waals surface area contributed by atoms with Gasteiger partial charge in [0.25, 0.3) is 0 Å². The van der Waals surface area contributed by atoms with E-state index in [-0.39, 0.29) is 17.7 Å². The largest absolute Gasteiger partial charge is 0.453 e. The Balaban J connectivity index is 1.70. The van der Waals surface area contributed by atoms with E-state index in [1.54, 1.807) is 31.4 Å². The maximum absolute atomic E-state index is 13.4. The molecule has 5 nitrogen and oxygen atoms in total. The number of hydrogen-bond donors (Lipinski definition) is 0. The zero-order valence-electron chi connectivity index (χ0n) is 19.7. The number of halogens is 5. The first-order valence-electron chi connectivity index (χ1n) is 11.4. The Morgan fingerprint density at radius 1 is 0.944 bits per heavy atom. The van der Waals surface area contributed by atoms with Gasteiger partial charge in [0, 0.05) is 33.2 Å². The molecule has 0 saturated carbocycles. The fraction of sp³-hybridized carbons (Fsp3) is 0.480. The third-order valence-electron chi connectivity index (χ3n) is 6.66. The zero-order valence-corrected chi connectivity index (χ0v) is 20.5. The van der Waals surface area contributed by atoms with Crippen LogP contribution in [0.5, 0.6) is 0 Å². The highest BCUT2D eigenvalue weighted by Gasteiger charge is 2.56. The smallest absolute Gasteiger partial charge is 0.383 e. The van der Waals surface area contributed by atoms with Gasteiger partial charge in [-0.05, 0) is 48.1 Å². The van der Waals surface area contributed by atoms with Gasteiger partial charge < -0.3 is 14.4 Å². The number of aryl methyl sites for hydroxylation is 1. The molecule has 3 rings (SSSR count). The molecule has 0 aromatic heterocycles. The van der Waals surface area contributed by atoms with Gasteiger partial charge in [-0.3, -0.25) is 0 Å². The second-order valence-electron chi connectivity index (χ2n) is 8.94. The summed E-state index contributed by atoms with van der Waals surface area (Å²) in [5.41, 5.74) is 1.60. The van der Waals surface area contributed by atoms with Crippen molar-refractivity contribution in [1.29, 1.82) is 0 Å². The number of ether oxygens (including phenoxy) is 1. The lowest BCUT2D eigenvalue weighted by atomic mass is 9.97. The first-order chi connectivity index (χ1) is 16.8. The van der Waals surface area contributed by atoms with Crippen molar-refractivity contribution in [2.24, 2.45) is 0 Å². The lowest BCUT2D eigenvalue weighted by molar-refractivity contribution is -0.284. The Kier molecular flexibility index (Phi) is 8.57. The van der Waals surface area contributed by atoms with Gasteiger partial charge in [-0.25, -0.2) is 8.42 Å². The summed E-state index contributed by atoms with van der Waals surface area (Å²) in [6.45, 7) is 2.09. The van der Waals surface area contributed by atoms with Crippen LogP contribution in [-0.4, -0.2) is 69.8 Å². The molecule has 2 aromatic rings. The molecular weight excluding hydrogens is 505 g/mol. The first-order valence-corrected chi connectivity index (χ1v) is 12.9. The summed E-state index contributed by atoms with van der Waals surface area (Å²) >= 11 is 0. The maximum Gasteiger partial charge on any atom is 0.453 e. The number of likely N-dealkylation sites (tertiary alicyclic amines) is 1. The van der Waals surface area contributed by atoms with Crippen molar-refractivity contribution in [3.8, 4) is 11.1 Å². The average molecular weight is 534 g/mol. The average Bonchev–Trinajstić information content (AvgIpc) is 2.86. The van der Waals surface area contributed by atoms with Crippen LogP contribution in [0.25, 0.3) is 11.1 Å². The van der Waals surface area contributed by atoms with E-state index in [2.05, 4.69) is 4.90 Å². The molecule has 0 radical (unpaired) electrons. The summed E-state index contributed by atoms with van der Waals surface area (Å²) < 4.78 is 93.6. The molecule has 0 bridgehead atoms. The van der Waals surface area contributed by atoms with Crippen molar-refractivity contribution in [2.45, 2.75) is 47.4 Å². The van der Waals surface area contributed by atoms with E-state index in [9.17, 15) is 35.2 Å². The van der Waals surface area contributed by atoms with Crippen LogP contribution in [0.15, 0.2) is 53.4 Å². The molecule has 36 heavy (non-hydrogen) atoms. The van der Waals surface area contributed by atoms with E-state index >= 15 is 0 Å². The van der Waals surface area contributed by atoms with Gasteiger partial charge in [-0.1, -0.05) is 36.4 Å². The number of alkyl halides is 5. The molecule has 1 fully saturated rings. The number of carbonyl (C=O) groups excluding carboxylic acids is 1. The number of carbonyl (C=O) groups is 1. The molecule has 0 aliphatic carbocycles. The van der Waals surface area contributed by atoms with Gasteiger partial charge in [-0.2, -0.15) is 22.0 Å². The summed E-state index contributed by atoms with van der Waals surface area (Å²) in [6, 6.07) is 12.1. The molecule has 11 heteroatoms. The highest BCUT2D eigenvalue weighted by atomic mass is 32.2. The number of rotatable bonds is 10. The number of benzene rings is 2. The van der Waals surface area contributed by atoms with Gasteiger partial charge in [0.15, 0.2) is 9.84 Å². The predicted molar refractivity (Wildman–Crippen MR) is 125 cm³/mol. The van der Waals surface area contributed by atoms with Crippen LogP contribution in [0.1, 0.15) is 24.8 Å². The van der Waals surface area contributed by atoms with E-state index < -0.39 is 39.5 Å². The van der Waals surface area contributed by atoms with Crippen LogP contribution in [0.2, 0.25) is 0 Å². The summed E-state index contributed by atoms with van der Waals surface area (Å²) in [5.74, 6) is -4.76. The zero-order chi connectivity index (χ0) is 26.6. The van der Waals surface area contributed by atoms with Gasteiger partial charge >= 0.3 is 12.1 Å². The molecule has 1 aliphatic heterocycles. The Hall–Kier alpha value is -2.37. The van der Waals surface area contributed by atoms with E-state index in [0.717, 1.165) is 0 Å². The minimum Gasteiger partial charge on any atom is -0.383 e. The third kappa shape index (κ3) is 5.95. The van der Waals surface area contributed by atoms with Crippen molar-refractivity contribution >= 4 is 16.1 Å². The number of nitrogens with zero attached hydrogens (tertiary/aromatic N) is 1. The number of sulfone groups is 1. The topological polar surface area (TPSA) is 63.7 Å². The van der Waals surface area contributed by atoms with Gasteiger partial charge in [0.05, 0.1) is 11.5 Å². The second kappa shape index (κ2) is 10.9. The molecule has 0 amide bonds. The van der Waals surface area contributed by atoms with Crippen LogP contribution >= 0.6 is 0 Å². The molecule has 0 unspecified atom stereocenters. The van der Waals surface area contributed by atoms with Crippen LogP contribution < -0.4 is 0 Å². The van der Waals surface area contributed by atoms with Crippen molar-refractivity contribution < 1.29 is 39.9 Å². The minimum absolute atomic E-state index is 0.0229. The molecule has 0 N–H and O–H groups in total. The molecular formula is C25H28F5NO4S. The van der Waals surface area contributed by atoms with Crippen molar-refractivity contribution in [2.75, 3.05) is 33.4 Å². The monoisotopic (exact) mass is 533 g/mol. The first kappa shape index (κ1) is 28.2. The molecule has 1 aliphatic rings. The summed E-state index contributed by atoms with van der Waals surface area (Å²) in [5, 5.41) is 0. The van der Waals surface area contributed by atoms with Crippen molar-refractivity contribution in [3.05, 3.63) is 54.1 Å². The third-order valence-corrected chi connectivity index (χ3v) is 9.13. The number of hydrogen-bond acceptors (Lipinski definition) is 5. The number of methoxy groups -OCH3 is 1. The summed E-state index contributed by atoms with van der Waals surface area (Å²) in [4.78, 5) is 14.1. The van der Waals surface area contributed by atoms with Gasteiger partial charge in [-0.15, -0.1) is 0 Å². The summed E-state index contributed by atoms with van der Waals surface area (Å²) in [6.07, 6.45) is -6.48. The van der Waals surface area contributed by atoms with Crippen LogP contribution in [0.3, 0.4) is 0 Å². The van der Waals surface area contributed by atoms with Crippen molar-refractivity contribution in [3.63, 3.8) is 0 Å². The van der Waals surface area contributed by atoms with Crippen LogP contribution in [0, 0.1) is 0 Å². The molecule has 2 aromatic carbocycles. The van der Waals surface area contributed by atoms with E-state index in [1.807, 2.05) is 0 Å². The minimum atomic E-state index is -5.58. The Morgan fingerprint density at radius 2 is 1.47 bits per heavy atom. The highest BCUT2D eigenvalue weighted by molar-refractivity contribution is 7.93. The lowest BCUT2D eigenvalue weighted by Gasteiger charge is -2.37. The quantitative estimate of drug-likeness (QED) is 0.320. The molecule has 0 spiro atoms. The number of aldehydes is 1.